The Labute approximate surface area is 81.0 Å². The summed E-state index contributed by atoms with van der Waals surface area (Å²) >= 11 is 0. The Morgan fingerprint density at radius 1 is 1.29 bits per heavy atom. The molecule has 0 radical (unpaired) electrons. The number of rotatable bonds is 2. The molecule has 0 spiro atoms. The Morgan fingerprint density at radius 3 is 2.79 bits per heavy atom. The van der Waals surface area contributed by atoms with E-state index in [0.717, 1.165) is 16.9 Å². The number of halogens is 1. The molecule has 4 heteroatoms. The molecule has 2 rings (SSSR count). The van der Waals surface area contributed by atoms with Crippen molar-refractivity contribution < 1.29 is 4.39 Å². The zero-order valence-corrected chi connectivity index (χ0v) is 7.71. The summed E-state index contributed by atoms with van der Waals surface area (Å²) in [5.74, 6) is -0.240. The van der Waals surface area contributed by atoms with Gasteiger partial charge in [0, 0.05) is 11.9 Å². The second-order valence-electron chi connectivity index (χ2n) is 3.13. The van der Waals surface area contributed by atoms with Crippen LogP contribution >= 0.6 is 0 Å². The van der Waals surface area contributed by atoms with Crippen molar-refractivity contribution in [3.05, 3.63) is 42.0 Å². The molecule has 1 aromatic heterocycles. The molecule has 1 aromatic carbocycles. The Balaban J connectivity index is 2.25. The number of benzene rings is 1. The molecule has 0 saturated heterocycles. The standard InChI is InChI=1S/C10H10FN3/c1-7-2-8(11)4-9(3-7)14-10-5-12-13-6-10/h2-6,14H,1H3,(H,12,13). The lowest BCUT2D eigenvalue weighted by Crippen LogP contribution is -1.90. The molecule has 72 valence electrons. The molecule has 0 saturated carbocycles. The first-order valence-corrected chi connectivity index (χ1v) is 4.27. The number of H-pyrrole nitrogens is 1. The topological polar surface area (TPSA) is 40.7 Å². The van der Waals surface area contributed by atoms with Crippen molar-refractivity contribution in [3.63, 3.8) is 0 Å². The van der Waals surface area contributed by atoms with Crippen LogP contribution in [0.25, 0.3) is 0 Å². The molecular weight excluding hydrogens is 181 g/mol. The molecular formula is C10H10FN3. The Hall–Kier alpha value is -1.84. The number of nitrogens with one attached hydrogen (secondary N) is 2. The van der Waals surface area contributed by atoms with E-state index in [1.807, 2.05) is 13.0 Å². The average molecular weight is 191 g/mol. The summed E-state index contributed by atoms with van der Waals surface area (Å²) in [7, 11) is 0. The lowest BCUT2D eigenvalue weighted by Gasteiger charge is -2.04. The summed E-state index contributed by atoms with van der Waals surface area (Å²) in [6.45, 7) is 1.85. The van der Waals surface area contributed by atoms with Crippen LogP contribution in [0.4, 0.5) is 15.8 Å². The van der Waals surface area contributed by atoms with Crippen molar-refractivity contribution in [2.45, 2.75) is 6.92 Å². The predicted molar refractivity (Wildman–Crippen MR) is 53.0 cm³/mol. The lowest BCUT2D eigenvalue weighted by atomic mass is 10.2. The van der Waals surface area contributed by atoms with E-state index in [-0.39, 0.29) is 5.82 Å². The minimum Gasteiger partial charge on any atom is -0.353 e. The number of hydrogen-bond donors (Lipinski definition) is 2. The zero-order valence-electron chi connectivity index (χ0n) is 7.71. The van der Waals surface area contributed by atoms with Crippen LogP contribution in [0.15, 0.2) is 30.6 Å². The maximum Gasteiger partial charge on any atom is 0.125 e. The van der Waals surface area contributed by atoms with Crippen LogP contribution in [0.2, 0.25) is 0 Å². The summed E-state index contributed by atoms with van der Waals surface area (Å²) in [5.41, 5.74) is 2.43. The maximum atomic E-state index is 13.0. The highest BCUT2D eigenvalue weighted by Gasteiger charge is 1.98. The fraction of sp³-hybridized carbons (Fsp3) is 0.100. The van der Waals surface area contributed by atoms with Gasteiger partial charge in [0.1, 0.15) is 5.82 Å². The highest BCUT2D eigenvalue weighted by atomic mass is 19.1. The molecule has 0 aliphatic rings. The molecule has 3 nitrogen and oxygen atoms in total. The predicted octanol–water partition coefficient (Wildman–Crippen LogP) is 2.60. The van der Waals surface area contributed by atoms with Crippen LogP contribution in [-0.4, -0.2) is 10.2 Å². The van der Waals surface area contributed by atoms with Crippen LogP contribution < -0.4 is 5.32 Å². The van der Waals surface area contributed by atoms with Crippen LogP contribution in [-0.2, 0) is 0 Å². The normalized spacial score (nSPS) is 10.1. The second-order valence-corrected chi connectivity index (χ2v) is 3.13. The van der Waals surface area contributed by atoms with Crippen LogP contribution in [0, 0.1) is 12.7 Å². The van der Waals surface area contributed by atoms with E-state index in [9.17, 15) is 4.39 Å². The number of nitrogens with zero attached hydrogens (tertiary/aromatic N) is 1. The molecule has 0 atom stereocenters. The van der Waals surface area contributed by atoms with E-state index in [4.69, 9.17) is 0 Å². The Bertz CT molecular complexity index is 403. The average Bonchev–Trinajstić information content (AvgIpc) is 2.54. The molecule has 14 heavy (non-hydrogen) atoms. The van der Waals surface area contributed by atoms with Gasteiger partial charge in [0.2, 0.25) is 0 Å². The zero-order chi connectivity index (χ0) is 9.97. The summed E-state index contributed by atoms with van der Waals surface area (Å²) in [6.07, 6.45) is 3.35. The van der Waals surface area contributed by atoms with Gasteiger partial charge in [-0.2, -0.15) is 5.10 Å². The largest absolute Gasteiger partial charge is 0.353 e. The molecule has 2 aromatic rings. The number of anilines is 2. The number of aryl methyl sites for hydroxylation is 1. The third kappa shape index (κ3) is 1.90. The van der Waals surface area contributed by atoms with Gasteiger partial charge in [-0.15, -0.1) is 0 Å². The molecule has 0 unspecified atom stereocenters. The Kier molecular flexibility index (Phi) is 2.18. The molecule has 0 amide bonds. The first-order chi connectivity index (χ1) is 6.74. The van der Waals surface area contributed by atoms with Crippen LogP contribution in [0.1, 0.15) is 5.56 Å². The van der Waals surface area contributed by atoms with Gasteiger partial charge in [0.25, 0.3) is 0 Å². The second kappa shape index (κ2) is 3.49. The molecule has 0 aliphatic heterocycles. The van der Waals surface area contributed by atoms with E-state index in [1.54, 1.807) is 12.4 Å². The van der Waals surface area contributed by atoms with Gasteiger partial charge in [-0.3, -0.25) is 5.10 Å². The summed E-state index contributed by atoms with van der Waals surface area (Å²) in [5, 5.41) is 9.49. The maximum absolute atomic E-state index is 13.0. The number of aromatic amines is 1. The summed E-state index contributed by atoms with van der Waals surface area (Å²) < 4.78 is 13.0. The fourth-order valence-electron chi connectivity index (χ4n) is 1.29. The first-order valence-electron chi connectivity index (χ1n) is 4.27. The summed E-state index contributed by atoms with van der Waals surface area (Å²) in [6, 6.07) is 4.80. The van der Waals surface area contributed by atoms with Crippen LogP contribution in [0.3, 0.4) is 0 Å². The third-order valence-corrected chi connectivity index (χ3v) is 1.83. The van der Waals surface area contributed by atoms with E-state index in [0.29, 0.717) is 0 Å². The van der Waals surface area contributed by atoms with E-state index >= 15 is 0 Å². The van der Waals surface area contributed by atoms with Crippen molar-refractivity contribution >= 4 is 11.4 Å². The lowest BCUT2D eigenvalue weighted by molar-refractivity contribution is 0.627. The SMILES string of the molecule is Cc1cc(F)cc(Nc2cn[nH]c2)c1. The van der Waals surface area contributed by atoms with E-state index in [1.165, 1.54) is 12.1 Å². The number of aromatic nitrogens is 2. The van der Waals surface area contributed by atoms with E-state index in [2.05, 4.69) is 15.5 Å². The van der Waals surface area contributed by atoms with Crippen molar-refractivity contribution in [2.24, 2.45) is 0 Å². The van der Waals surface area contributed by atoms with Crippen molar-refractivity contribution in [3.8, 4) is 0 Å². The smallest absolute Gasteiger partial charge is 0.125 e. The van der Waals surface area contributed by atoms with Gasteiger partial charge in [-0.1, -0.05) is 0 Å². The monoisotopic (exact) mass is 191 g/mol. The van der Waals surface area contributed by atoms with Crippen molar-refractivity contribution in [1.29, 1.82) is 0 Å². The molecule has 0 fully saturated rings. The van der Waals surface area contributed by atoms with Gasteiger partial charge in [0.05, 0.1) is 11.9 Å². The highest BCUT2D eigenvalue weighted by Crippen LogP contribution is 2.17. The minimum atomic E-state index is -0.240. The van der Waals surface area contributed by atoms with Gasteiger partial charge in [-0.25, -0.2) is 4.39 Å². The molecule has 0 aliphatic carbocycles. The highest BCUT2D eigenvalue weighted by molar-refractivity contribution is 5.58. The van der Waals surface area contributed by atoms with Crippen LogP contribution in [0.5, 0.6) is 0 Å². The fourth-order valence-corrected chi connectivity index (χ4v) is 1.29. The van der Waals surface area contributed by atoms with Crippen molar-refractivity contribution in [1.82, 2.24) is 10.2 Å². The molecule has 2 N–H and O–H groups in total. The van der Waals surface area contributed by atoms with E-state index < -0.39 is 0 Å². The third-order valence-electron chi connectivity index (χ3n) is 1.83. The van der Waals surface area contributed by atoms with Gasteiger partial charge >= 0.3 is 0 Å². The number of hydrogen-bond acceptors (Lipinski definition) is 2. The summed E-state index contributed by atoms with van der Waals surface area (Å²) in [4.78, 5) is 0. The first kappa shape index (κ1) is 8.74. The quantitative estimate of drug-likeness (QED) is 0.766. The van der Waals surface area contributed by atoms with Gasteiger partial charge in [-0.05, 0) is 30.7 Å². The van der Waals surface area contributed by atoms with Crippen molar-refractivity contribution in [2.75, 3.05) is 5.32 Å². The molecule has 1 heterocycles. The molecule has 0 bridgehead atoms. The Morgan fingerprint density at radius 2 is 2.14 bits per heavy atom. The van der Waals surface area contributed by atoms with Gasteiger partial charge < -0.3 is 5.32 Å². The van der Waals surface area contributed by atoms with Gasteiger partial charge in [0.15, 0.2) is 0 Å². The minimum absolute atomic E-state index is 0.240.